The zero-order valence-corrected chi connectivity index (χ0v) is 12.2. The van der Waals surface area contributed by atoms with Crippen molar-refractivity contribution in [2.24, 2.45) is 0 Å². The van der Waals surface area contributed by atoms with Gasteiger partial charge >= 0.3 is 5.97 Å². The Morgan fingerprint density at radius 1 is 1.35 bits per heavy atom. The van der Waals surface area contributed by atoms with E-state index in [4.69, 9.17) is 4.74 Å². The number of piperazine rings is 1. The summed E-state index contributed by atoms with van der Waals surface area (Å²) in [4.78, 5) is 39.3. The highest BCUT2D eigenvalue weighted by Crippen LogP contribution is 2.18. The highest BCUT2D eigenvalue weighted by Gasteiger charge is 2.37. The van der Waals surface area contributed by atoms with Crippen molar-refractivity contribution in [2.75, 3.05) is 26.7 Å². The Bertz CT molecular complexity index is 514. The molecular formula is C13H16N2O4S. The molecule has 1 aliphatic heterocycles. The van der Waals surface area contributed by atoms with Gasteiger partial charge in [-0.25, -0.2) is 4.79 Å². The molecule has 0 bridgehead atoms. The lowest BCUT2D eigenvalue weighted by Crippen LogP contribution is -2.59. The molecule has 2 rings (SSSR count). The topological polar surface area (TPSA) is 66.9 Å². The number of amides is 2. The molecule has 0 N–H and O–H groups in total. The van der Waals surface area contributed by atoms with E-state index in [1.54, 1.807) is 17.0 Å². The Kier molecular flexibility index (Phi) is 4.39. The molecule has 0 radical (unpaired) electrons. The highest BCUT2D eigenvalue weighted by atomic mass is 32.1. The standard InChI is InChI=1S/C13H16N2O4S/c1-9(16)14-5-6-15(10(8-14)13(18)19-2)12(17)11-4-3-7-20-11/h3-4,7,10H,5-6,8H2,1-2H3/t10-/m0/s1. The number of thiophene rings is 1. The van der Waals surface area contributed by atoms with Crippen molar-refractivity contribution in [1.29, 1.82) is 0 Å². The van der Waals surface area contributed by atoms with Gasteiger partial charge in [-0.2, -0.15) is 0 Å². The summed E-state index contributed by atoms with van der Waals surface area (Å²) in [6.45, 7) is 2.39. The van der Waals surface area contributed by atoms with Crippen LogP contribution < -0.4 is 0 Å². The largest absolute Gasteiger partial charge is 0.467 e. The minimum Gasteiger partial charge on any atom is -0.467 e. The van der Waals surface area contributed by atoms with Gasteiger partial charge in [-0.3, -0.25) is 9.59 Å². The van der Waals surface area contributed by atoms with E-state index in [-0.39, 0.29) is 18.4 Å². The molecule has 0 aliphatic carbocycles. The Labute approximate surface area is 120 Å². The molecule has 0 aromatic carbocycles. The van der Waals surface area contributed by atoms with E-state index < -0.39 is 12.0 Å². The molecule has 1 saturated heterocycles. The van der Waals surface area contributed by atoms with Crippen molar-refractivity contribution in [3.63, 3.8) is 0 Å². The first-order chi connectivity index (χ1) is 9.54. The molecule has 2 amide bonds. The van der Waals surface area contributed by atoms with Gasteiger partial charge in [-0.15, -0.1) is 11.3 Å². The van der Waals surface area contributed by atoms with Gasteiger partial charge in [-0.05, 0) is 11.4 Å². The third-order valence-electron chi connectivity index (χ3n) is 3.29. The number of ether oxygens (including phenoxy) is 1. The molecule has 1 atom stereocenters. The fourth-order valence-corrected chi connectivity index (χ4v) is 2.87. The van der Waals surface area contributed by atoms with Crippen molar-refractivity contribution in [3.05, 3.63) is 22.4 Å². The molecule has 7 heteroatoms. The molecule has 0 saturated carbocycles. The number of esters is 1. The van der Waals surface area contributed by atoms with Gasteiger partial charge in [0.25, 0.3) is 5.91 Å². The molecule has 0 spiro atoms. The fourth-order valence-electron chi connectivity index (χ4n) is 2.19. The molecule has 6 nitrogen and oxygen atoms in total. The van der Waals surface area contributed by atoms with Crippen LogP contribution in [0.5, 0.6) is 0 Å². The Morgan fingerprint density at radius 3 is 2.65 bits per heavy atom. The number of carbonyl (C=O) groups is 3. The van der Waals surface area contributed by atoms with E-state index in [9.17, 15) is 14.4 Å². The molecule has 0 unspecified atom stereocenters. The van der Waals surface area contributed by atoms with Gasteiger partial charge < -0.3 is 14.5 Å². The molecule has 1 aromatic rings. The number of carbonyl (C=O) groups excluding carboxylic acids is 3. The third kappa shape index (κ3) is 2.82. The van der Waals surface area contributed by atoms with Gasteiger partial charge in [0.15, 0.2) is 0 Å². The summed E-state index contributed by atoms with van der Waals surface area (Å²) >= 11 is 1.33. The lowest BCUT2D eigenvalue weighted by atomic mass is 10.1. The van der Waals surface area contributed by atoms with Gasteiger partial charge in [0.1, 0.15) is 6.04 Å². The second kappa shape index (κ2) is 6.04. The van der Waals surface area contributed by atoms with Crippen molar-refractivity contribution in [1.82, 2.24) is 9.80 Å². The van der Waals surface area contributed by atoms with Crippen LogP contribution in [0.4, 0.5) is 0 Å². The maximum Gasteiger partial charge on any atom is 0.330 e. The van der Waals surface area contributed by atoms with Crippen molar-refractivity contribution < 1.29 is 19.1 Å². The van der Waals surface area contributed by atoms with Crippen molar-refractivity contribution in [2.45, 2.75) is 13.0 Å². The van der Waals surface area contributed by atoms with Gasteiger partial charge in [0.2, 0.25) is 5.91 Å². The highest BCUT2D eigenvalue weighted by molar-refractivity contribution is 7.12. The number of hydrogen-bond donors (Lipinski definition) is 0. The predicted molar refractivity (Wildman–Crippen MR) is 73.4 cm³/mol. The number of methoxy groups -OCH3 is 1. The summed E-state index contributed by atoms with van der Waals surface area (Å²) in [5.74, 6) is -0.804. The maximum atomic E-state index is 12.4. The van der Waals surface area contributed by atoms with Crippen LogP contribution in [-0.2, 0) is 14.3 Å². The van der Waals surface area contributed by atoms with E-state index in [2.05, 4.69) is 0 Å². The van der Waals surface area contributed by atoms with E-state index in [0.717, 1.165) is 0 Å². The average molecular weight is 296 g/mol. The summed E-state index contributed by atoms with van der Waals surface area (Å²) in [7, 11) is 1.28. The van der Waals surface area contributed by atoms with Gasteiger partial charge in [0, 0.05) is 20.0 Å². The van der Waals surface area contributed by atoms with Crippen LogP contribution in [0.2, 0.25) is 0 Å². The molecule has 1 fully saturated rings. The molecule has 1 aliphatic rings. The molecule has 108 valence electrons. The van der Waals surface area contributed by atoms with Gasteiger partial charge in [-0.1, -0.05) is 6.07 Å². The first-order valence-electron chi connectivity index (χ1n) is 6.22. The van der Waals surface area contributed by atoms with Crippen LogP contribution >= 0.6 is 11.3 Å². The molecule has 2 heterocycles. The Balaban J connectivity index is 2.20. The van der Waals surface area contributed by atoms with E-state index in [1.807, 2.05) is 5.38 Å². The number of rotatable bonds is 2. The first-order valence-corrected chi connectivity index (χ1v) is 7.10. The van der Waals surface area contributed by atoms with Crippen LogP contribution in [0.25, 0.3) is 0 Å². The summed E-state index contributed by atoms with van der Waals surface area (Å²) in [6, 6.07) is 2.77. The summed E-state index contributed by atoms with van der Waals surface area (Å²) < 4.78 is 4.75. The monoisotopic (exact) mass is 296 g/mol. The van der Waals surface area contributed by atoms with E-state index >= 15 is 0 Å². The normalized spacial score (nSPS) is 18.8. The Hall–Kier alpha value is -1.89. The number of hydrogen-bond acceptors (Lipinski definition) is 5. The van der Waals surface area contributed by atoms with Crippen molar-refractivity contribution >= 4 is 29.1 Å². The Morgan fingerprint density at radius 2 is 2.10 bits per heavy atom. The van der Waals surface area contributed by atoms with Crippen molar-refractivity contribution in [3.8, 4) is 0 Å². The summed E-state index contributed by atoms with van der Waals surface area (Å²) in [6.07, 6.45) is 0. The SMILES string of the molecule is COC(=O)[C@@H]1CN(C(C)=O)CCN1C(=O)c1cccs1. The van der Waals surface area contributed by atoms with Crippen LogP contribution in [0.3, 0.4) is 0 Å². The zero-order valence-electron chi connectivity index (χ0n) is 11.4. The molecule has 20 heavy (non-hydrogen) atoms. The van der Waals surface area contributed by atoms with Crippen LogP contribution in [-0.4, -0.2) is 60.4 Å². The predicted octanol–water partition coefficient (Wildman–Crippen LogP) is 0.594. The average Bonchev–Trinajstić information content (AvgIpc) is 2.99. The minimum atomic E-state index is -0.743. The smallest absolute Gasteiger partial charge is 0.330 e. The lowest BCUT2D eigenvalue weighted by Gasteiger charge is -2.39. The fraction of sp³-hybridized carbons (Fsp3) is 0.462. The quantitative estimate of drug-likeness (QED) is 0.749. The van der Waals surface area contributed by atoms with E-state index in [1.165, 1.54) is 30.3 Å². The lowest BCUT2D eigenvalue weighted by molar-refractivity contribution is -0.149. The van der Waals surface area contributed by atoms with E-state index in [0.29, 0.717) is 18.0 Å². The van der Waals surface area contributed by atoms with Crippen LogP contribution in [0, 0.1) is 0 Å². The summed E-state index contributed by atoms with van der Waals surface area (Å²) in [5.41, 5.74) is 0. The minimum absolute atomic E-state index is 0.109. The maximum absolute atomic E-state index is 12.4. The summed E-state index contributed by atoms with van der Waals surface area (Å²) in [5, 5.41) is 1.81. The van der Waals surface area contributed by atoms with Gasteiger partial charge in [0.05, 0.1) is 18.5 Å². The number of nitrogens with zero attached hydrogens (tertiary/aromatic N) is 2. The van der Waals surface area contributed by atoms with Crippen LogP contribution in [0.15, 0.2) is 17.5 Å². The third-order valence-corrected chi connectivity index (χ3v) is 4.15. The zero-order chi connectivity index (χ0) is 14.7. The van der Waals surface area contributed by atoms with Crippen LogP contribution in [0.1, 0.15) is 16.6 Å². The second-order valence-electron chi connectivity index (χ2n) is 4.48. The first kappa shape index (κ1) is 14.5. The molecule has 1 aromatic heterocycles. The second-order valence-corrected chi connectivity index (χ2v) is 5.43. The molecular weight excluding hydrogens is 280 g/mol.